The maximum Gasteiger partial charge on any atom is 0.254 e. The van der Waals surface area contributed by atoms with Gasteiger partial charge in [0.1, 0.15) is 6.29 Å². The number of hydrogen-bond donors (Lipinski definition) is 0. The zero-order chi connectivity index (χ0) is 10.7. The molecule has 0 amide bonds. The molecule has 1 rings (SSSR count). The molecule has 5 heteroatoms. The monoisotopic (exact) mass is 287 g/mol. The van der Waals surface area contributed by atoms with E-state index in [0.29, 0.717) is 17.4 Å². The van der Waals surface area contributed by atoms with E-state index in [9.17, 15) is 13.6 Å². The molecular formula is C10H10F2NOY-. The van der Waals surface area contributed by atoms with E-state index in [0.717, 1.165) is 0 Å². The van der Waals surface area contributed by atoms with Crippen LogP contribution in [0.1, 0.15) is 6.92 Å². The van der Waals surface area contributed by atoms with E-state index in [1.165, 1.54) is 4.90 Å². The van der Waals surface area contributed by atoms with Crippen LogP contribution in [-0.2, 0) is 37.5 Å². The molecule has 15 heavy (non-hydrogen) atoms. The summed E-state index contributed by atoms with van der Waals surface area (Å²) in [5, 5.41) is 0. The zero-order valence-corrected chi connectivity index (χ0v) is 11.2. The fourth-order valence-corrected chi connectivity index (χ4v) is 1.18. The molecule has 0 fully saturated rings. The fraction of sp³-hybridized carbons (Fsp3) is 0.300. The van der Waals surface area contributed by atoms with Crippen molar-refractivity contribution in [3.05, 3.63) is 35.7 Å². The minimum atomic E-state index is -2.47. The van der Waals surface area contributed by atoms with E-state index < -0.39 is 13.0 Å². The summed E-state index contributed by atoms with van der Waals surface area (Å²) in [5.41, 5.74) is 1.23. The Kier molecular flexibility index (Phi) is 6.14. The van der Waals surface area contributed by atoms with Gasteiger partial charge in [-0.25, -0.2) is 8.78 Å². The summed E-state index contributed by atoms with van der Waals surface area (Å²) in [7, 11) is 0. The quantitative estimate of drug-likeness (QED) is 0.584. The maximum absolute atomic E-state index is 12.1. The Labute approximate surface area is 113 Å². The molecule has 1 aliphatic rings. The van der Waals surface area contributed by atoms with Gasteiger partial charge in [0.05, 0.1) is 6.54 Å². The topological polar surface area (TPSA) is 20.3 Å². The summed E-state index contributed by atoms with van der Waals surface area (Å²) in [6.45, 7) is 4.76. The van der Waals surface area contributed by atoms with Crippen LogP contribution in [0, 0.1) is 6.20 Å². The molecule has 0 aliphatic carbocycles. The molecule has 0 unspecified atom stereocenters. The first-order valence-corrected chi connectivity index (χ1v) is 4.06. The van der Waals surface area contributed by atoms with Crippen molar-refractivity contribution in [3.63, 3.8) is 0 Å². The normalized spacial score (nSPS) is 15.7. The molecule has 79 valence electrons. The first kappa shape index (κ1) is 14.7. The van der Waals surface area contributed by atoms with Crippen LogP contribution >= 0.6 is 0 Å². The summed E-state index contributed by atoms with van der Waals surface area (Å²) < 4.78 is 24.2. The number of alkyl halides is 2. The molecule has 2 nitrogen and oxygen atoms in total. The van der Waals surface area contributed by atoms with Crippen LogP contribution in [0.5, 0.6) is 0 Å². The predicted molar refractivity (Wildman–Crippen MR) is 48.4 cm³/mol. The summed E-state index contributed by atoms with van der Waals surface area (Å²) in [4.78, 5) is 11.7. The van der Waals surface area contributed by atoms with Crippen molar-refractivity contribution in [1.29, 1.82) is 0 Å². The average Bonchev–Trinajstić information content (AvgIpc) is 2.09. The van der Waals surface area contributed by atoms with Gasteiger partial charge in [-0.05, 0) is 0 Å². The van der Waals surface area contributed by atoms with Crippen molar-refractivity contribution in [2.24, 2.45) is 0 Å². The van der Waals surface area contributed by atoms with Gasteiger partial charge in [-0.3, -0.25) is 0 Å². The van der Waals surface area contributed by atoms with Gasteiger partial charge in [0.15, 0.2) is 0 Å². The van der Waals surface area contributed by atoms with E-state index >= 15 is 0 Å². The number of carbonyl (C=O) groups excluding carboxylic acids is 1. The Morgan fingerprint density at radius 2 is 2.27 bits per heavy atom. The molecule has 0 bridgehead atoms. The largest absolute Gasteiger partial charge is 0.451 e. The van der Waals surface area contributed by atoms with Gasteiger partial charge in [-0.15, -0.1) is 12.2 Å². The fourth-order valence-electron chi connectivity index (χ4n) is 1.18. The van der Waals surface area contributed by atoms with Crippen LogP contribution in [0.2, 0.25) is 0 Å². The van der Waals surface area contributed by atoms with E-state index in [4.69, 9.17) is 0 Å². The molecule has 0 saturated heterocycles. The number of hydrogen-bond acceptors (Lipinski definition) is 2. The summed E-state index contributed by atoms with van der Waals surface area (Å²) >= 11 is 0. The van der Waals surface area contributed by atoms with Gasteiger partial charge in [0.25, 0.3) is 6.43 Å². The molecule has 0 N–H and O–H groups in total. The van der Waals surface area contributed by atoms with E-state index in [1.54, 1.807) is 13.0 Å². The number of rotatable bonds is 3. The van der Waals surface area contributed by atoms with Crippen molar-refractivity contribution < 1.29 is 46.3 Å². The van der Waals surface area contributed by atoms with Crippen molar-refractivity contribution in [2.75, 3.05) is 6.54 Å². The molecule has 0 saturated carbocycles. The zero-order valence-electron chi connectivity index (χ0n) is 8.34. The Balaban J connectivity index is 0.00000196. The molecular weight excluding hydrogens is 277 g/mol. The Hall–Kier alpha value is -0.346. The summed E-state index contributed by atoms with van der Waals surface area (Å²) in [6, 6.07) is 0. The number of nitrogens with zero attached hydrogens (tertiary/aromatic N) is 1. The predicted octanol–water partition coefficient (Wildman–Crippen LogP) is 1.91. The second-order valence-electron chi connectivity index (χ2n) is 2.96. The van der Waals surface area contributed by atoms with Gasteiger partial charge in [-0.1, -0.05) is 24.4 Å². The Morgan fingerprint density at radius 1 is 1.67 bits per heavy atom. The van der Waals surface area contributed by atoms with Crippen LogP contribution in [0.4, 0.5) is 8.78 Å². The van der Waals surface area contributed by atoms with E-state index in [2.05, 4.69) is 12.8 Å². The molecule has 1 aliphatic heterocycles. The van der Waals surface area contributed by atoms with Crippen molar-refractivity contribution in [1.82, 2.24) is 4.90 Å². The number of allylic oxidation sites excluding steroid dienone is 3. The summed E-state index contributed by atoms with van der Waals surface area (Å²) in [5.74, 6) is 0. The van der Waals surface area contributed by atoms with Gasteiger partial charge >= 0.3 is 0 Å². The molecule has 1 radical (unpaired) electrons. The molecule has 0 aromatic rings. The summed E-state index contributed by atoms with van der Waals surface area (Å²) in [6.07, 6.45) is 2.39. The van der Waals surface area contributed by atoms with Crippen molar-refractivity contribution >= 4 is 6.29 Å². The smallest absolute Gasteiger partial charge is 0.254 e. The second kappa shape index (κ2) is 6.28. The van der Waals surface area contributed by atoms with Crippen LogP contribution in [0.3, 0.4) is 0 Å². The average molecular weight is 287 g/mol. The molecule has 0 spiro atoms. The number of halogens is 2. The maximum atomic E-state index is 12.1. The SMILES string of the molecule is C=C1C(C=O)=CC(C)=[C-]N1CC(F)F.[Y]. The number of carbonyl (C=O) groups is 1. The van der Waals surface area contributed by atoms with Gasteiger partial charge in [0.2, 0.25) is 0 Å². The third kappa shape index (κ3) is 3.95. The van der Waals surface area contributed by atoms with Crippen LogP contribution < -0.4 is 0 Å². The molecule has 1 heterocycles. The first-order chi connectivity index (χ1) is 6.54. The van der Waals surface area contributed by atoms with Gasteiger partial charge in [0, 0.05) is 32.7 Å². The first-order valence-electron chi connectivity index (χ1n) is 4.06. The van der Waals surface area contributed by atoms with E-state index in [-0.39, 0.29) is 38.4 Å². The van der Waals surface area contributed by atoms with Gasteiger partial charge in [-0.2, -0.15) is 6.08 Å². The molecule has 0 atom stereocenters. The van der Waals surface area contributed by atoms with Gasteiger partial charge < -0.3 is 9.69 Å². The third-order valence-corrected chi connectivity index (χ3v) is 1.79. The Morgan fingerprint density at radius 3 is 2.73 bits per heavy atom. The van der Waals surface area contributed by atoms with Crippen molar-refractivity contribution in [3.8, 4) is 0 Å². The van der Waals surface area contributed by atoms with Crippen LogP contribution in [0.25, 0.3) is 0 Å². The molecule has 0 aromatic heterocycles. The van der Waals surface area contributed by atoms with E-state index in [1.807, 2.05) is 0 Å². The third-order valence-electron chi connectivity index (χ3n) is 1.79. The minimum absolute atomic E-state index is 0. The van der Waals surface area contributed by atoms with Crippen molar-refractivity contribution in [2.45, 2.75) is 13.3 Å². The van der Waals surface area contributed by atoms with Crippen LogP contribution in [0.15, 0.2) is 29.5 Å². The standard InChI is InChI=1S/C10H10F2NO.Y/c1-7-3-9(6-14)8(2)13(4-7)5-10(11)12;/h3,6,10H,2,5H2,1H3;/q-1;. The number of aldehydes is 1. The molecule has 0 aromatic carbocycles. The Bertz CT molecular complexity index is 323. The second-order valence-corrected chi connectivity index (χ2v) is 2.96. The van der Waals surface area contributed by atoms with Crippen LogP contribution in [-0.4, -0.2) is 24.2 Å². The minimum Gasteiger partial charge on any atom is -0.451 e.